The molecule has 0 unspecified atom stereocenters. The predicted molar refractivity (Wildman–Crippen MR) is 78.8 cm³/mol. The molecule has 0 aliphatic heterocycles. The Balaban J connectivity index is 2.78. The average Bonchev–Trinajstić information content (AvgIpc) is 2.37. The highest BCUT2D eigenvalue weighted by Gasteiger charge is 2.18. The zero-order chi connectivity index (χ0) is 15.0. The topological polar surface area (TPSA) is 59.3 Å². The third kappa shape index (κ3) is 2.44. The molecule has 0 atom stereocenters. The molecule has 0 aliphatic carbocycles. The summed E-state index contributed by atoms with van der Waals surface area (Å²) in [5, 5.41) is 9.86. The van der Waals surface area contributed by atoms with Gasteiger partial charge in [0.25, 0.3) is 0 Å². The molecule has 0 amide bonds. The van der Waals surface area contributed by atoms with Gasteiger partial charge in [0, 0.05) is 24.5 Å². The van der Waals surface area contributed by atoms with Crippen LogP contribution in [0.4, 0.5) is 0 Å². The second kappa shape index (κ2) is 5.31. The highest BCUT2D eigenvalue weighted by Crippen LogP contribution is 2.27. The van der Waals surface area contributed by atoms with Crippen molar-refractivity contribution in [1.82, 2.24) is 4.57 Å². The highest BCUT2D eigenvalue weighted by molar-refractivity contribution is 6.42. The number of aromatic carboxylic acids is 1. The van der Waals surface area contributed by atoms with E-state index in [-0.39, 0.29) is 11.1 Å². The van der Waals surface area contributed by atoms with Gasteiger partial charge >= 0.3 is 5.97 Å². The Hall–Kier alpha value is -1.78. The van der Waals surface area contributed by atoms with Crippen LogP contribution in [0.5, 0.6) is 0 Å². The largest absolute Gasteiger partial charge is 0.477 e. The number of rotatable bonds is 2. The lowest BCUT2D eigenvalue weighted by Crippen LogP contribution is -2.22. The monoisotopic (exact) mass is 311 g/mol. The van der Waals surface area contributed by atoms with Crippen LogP contribution >= 0.6 is 23.2 Å². The molecule has 0 radical (unpaired) electrons. The number of carboxylic acids is 1. The van der Waals surface area contributed by atoms with Crippen molar-refractivity contribution in [1.29, 1.82) is 0 Å². The van der Waals surface area contributed by atoms with E-state index in [9.17, 15) is 14.7 Å². The van der Waals surface area contributed by atoms with Gasteiger partial charge in [-0.1, -0.05) is 29.3 Å². The molecule has 1 heterocycles. The number of hydrogen-bond acceptors (Lipinski definition) is 2. The Kier molecular flexibility index (Phi) is 3.88. The number of halogens is 2. The third-order valence-electron chi connectivity index (χ3n) is 3.13. The molecule has 104 valence electrons. The molecule has 2 aromatic rings. The maximum absolute atomic E-state index is 12.3. The fraction of sp³-hybridized carbons (Fsp3) is 0.143. The molecule has 1 aromatic carbocycles. The molecule has 0 fully saturated rings. The van der Waals surface area contributed by atoms with Crippen molar-refractivity contribution in [3.63, 3.8) is 0 Å². The van der Waals surface area contributed by atoms with E-state index < -0.39 is 11.4 Å². The molecule has 0 bridgehead atoms. The summed E-state index contributed by atoms with van der Waals surface area (Å²) in [7, 11) is 1.68. The van der Waals surface area contributed by atoms with Crippen LogP contribution in [0, 0.1) is 6.92 Å². The van der Waals surface area contributed by atoms with Gasteiger partial charge in [0.1, 0.15) is 5.56 Å². The maximum atomic E-state index is 12.3. The predicted octanol–water partition coefficient (Wildman–Crippen LogP) is 3.37. The highest BCUT2D eigenvalue weighted by atomic mass is 35.5. The summed E-state index contributed by atoms with van der Waals surface area (Å²) in [6, 6.07) is 4.74. The zero-order valence-electron chi connectivity index (χ0n) is 10.8. The fourth-order valence-electron chi connectivity index (χ4n) is 1.95. The van der Waals surface area contributed by atoms with E-state index >= 15 is 0 Å². The van der Waals surface area contributed by atoms with Crippen molar-refractivity contribution in [2.45, 2.75) is 6.92 Å². The van der Waals surface area contributed by atoms with Crippen LogP contribution < -0.4 is 5.43 Å². The Morgan fingerprint density at radius 1 is 1.25 bits per heavy atom. The van der Waals surface area contributed by atoms with Crippen LogP contribution in [0.3, 0.4) is 0 Å². The van der Waals surface area contributed by atoms with E-state index in [1.54, 1.807) is 42.9 Å². The lowest BCUT2D eigenvalue weighted by atomic mass is 10.0. The smallest absolute Gasteiger partial charge is 0.341 e. The molecule has 20 heavy (non-hydrogen) atoms. The zero-order valence-corrected chi connectivity index (χ0v) is 12.3. The molecule has 0 saturated heterocycles. The molecule has 0 aliphatic rings. The quantitative estimate of drug-likeness (QED) is 0.925. The Bertz CT molecular complexity index is 766. The van der Waals surface area contributed by atoms with Gasteiger partial charge in [-0.15, -0.1) is 0 Å². The van der Waals surface area contributed by atoms with E-state index in [1.165, 1.54) is 0 Å². The van der Waals surface area contributed by atoms with Gasteiger partial charge in [-0.25, -0.2) is 4.79 Å². The number of pyridine rings is 1. The molecular weight excluding hydrogens is 301 g/mol. The first kappa shape index (κ1) is 14.6. The SMILES string of the molecule is Cc1c(C(=O)O)c(=O)c(-c2ccc(Cl)c(Cl)c2)cn1C. The summed E-state index contributed by atoms with van der Waals surface area (Å²) in [5.74, 6) is -1.25. The molecule has 6 heteroatoms. The first-order valence-electron chi connectivity index (χ1n) is 5.72. The maximum Gasteiger partial charge on any atom is 0.341 e. The van der Waals surface area contributed by atoms with Crippen LogP contribution in [0.15, 0.2) is 29.2 Å². The molecule has 0 spiro atoms. The summed E-state index contributed by atoms with van der Waals surface area (Å²) < 4.78 is 1.60. The van der Waals surface area contributed by atoms with Crippen molar-refractivity contribution < 1.29 is 9.90 Å². The molecular formula is C14H11Cl2NO3. The number of benzene rings is 1. The lowest BCUT2D eigenvalue weighted by Gasteiger charge is -2.11. The van der Waals surface area contributed by atoms with E-state index in [4.69, 9.17) is 23.2 Å². The molecule has 0 saturated carbocycles. The van der Waals surface area contributed by atoms with Crippen LogP contribution in [0.2, 0.25) is 10.0 Å². The van der Waals surface area contributed by atoms with Crippen molar-refractivity contribution in [2.75, 3.05) is 0 Å². The lowest BCUT2D eigenvalue weighted by molar-refractivity contribution is 0.0693. The molecule has 4 nitrogen and oxygen atoms in total. The fourth-order valence-corrected chi connectivity index (χ4v) is 2.24. The van der Waals surface area contributed by atoms with E-state index in [0.29, 0.717) is 21.3 Å². The van der Waals surface area contributed by atoms with Crippen LogP contribution in [0.25, 0.3) is 11.1 Å². The first-order chi connectivity index (χ1) is 9.32. The first-order valence-corrected chi connectivity index (χ1v) is 6.47. The van der Waals surface area contributed by atoms with Gasteiger partial charge in [0.15, 0.2) is 0 Å². The number of aryl methyl sites for hydroxylation is 1. The Morgan fingerprint density at radius 2 is 1.90 bits per heavy atom. The minimum Gasteiger partial charge on any atom is -0.477 e. The number of hydrogen-bond donors (Lipinski definition) is 1. The summed E-state index contributed by atoms with van der Waals surface area (Å²) >= 11 is 11.8. The van der Waals surface area contributed by atoms with Gasteiger partial charge in [0.2, 0.25) is 5.43 Å². The van der Waals surface area contributed by atoms with Crippen LogP contribution in [-0.2, 0) is 7.05 Å². The number of carboxylic acid groups (broad SMARTS) is 1. The second-order valence-corrected chi connectivity index (χ2v) is 5.19. The molecule has 2 rings (SSSR count). The minimum absolute atomic E-state index is 0.240. The van der Waals surface area contributed by atoms with Gasteiger partial charge < -0.3 is 9.67 Å². The standard InChI is InChI=1S/C14H11Cl2NO3/c1-7-12(14(19)20)13(18)9(6-17(7)2)8-3-4-10(15)11(16)5-8/h3-6H,1-2H3,(H,19,20). The summed E-state index contributed by atoms with van der Waals surface area (Å²) in [5.41, 5.74) is 0.422. The van der Waals surface area contributed by atoms with Gasteiger partial charge in [-0.05, 0) is 24.6 Å². The number of aromatic nitrogens is 1. The minimum atomic E-state index is -1.25. The van der Waals surface area contributed by atoms with Gasteiger partial charge in [-0.3, -0.25) is 4.79 Å². The van der Waals surface area contributed by atoms with Crippen LogP contribution in [0.1, 0.15) is 16.1 Å². The second-order valence-electron chi connectivity index (χ2n) is 4.38. The van der Waals surface area contributed by atoms with Crippen molar-refractivity contribution >= 4 is 29.2 Å². The van der Waals surface area contributed by atoms with E-state index in [0.717, 1.165) is 0 Å². The molecule has 1 aromatic heterocycles. The van der Waals surface area contributed by atoms with Crippen molar-refractivity contribution in [3.8, 4) is 11.1 Å². The van der Waals surface area contributed by atoms with E-state index in [1.807, 2.05) is 0 Å². The van der Waals surface area contributed by atoms with Gasteiger partial charge in [-0.2, -0.15) is 0 Å². The Labute approximate surface area is 125 Å². The number of carbonyl (C=O) groups is 1. The van der Waals surface area contributed by atoms with Crippen molar-refractivity contribution in [3.05, 3.63) is 55.9 Å². The number of nitrogens with zero attached hydrogens (tertiary/aromatic N) is 1. The van der Waals surface area contributed by atoms with Gasteiger partial charge in [0.05, 0.1) is 10.0 Å². The summed E-state index contributed by atoms with van der Waals surface area (Å²) in [6.45, 7) is 1.59. The normalized spacial score (nSPS) is 10.6. The van der Waals surface area contributed by atoms with Crippen molar-refractivity contribution in [2.24, 2.45) is 7.05 Å². The average molecular weight is 312 g/mol. The summed E-state index contributed by atoms with van der Waals surface area (Å²) in [6.07, 6.45) is 1.59. The Morgan fingerprint density at radius 3 is 2.45 bits per heavy atom. The third-order valence-corrected chi connectivity index (χ3v) is 3.87. The summed E-state index contributed by atoms with van der Waals surface area (Å²) in [4.78, 5) is 23.5. The van der Waals surface area contributed by atoms with E-state index in [2.05, 4.69) is 0 Å². The molecule has 1 N–H and O–H groups in total. The van der Waals surface area contributed by atoms with Crippen LogP contribution in [-0.4, -0.2) is 15.6 Å².